The average molecular weight is 278 g/mol. The smallest absolute Gasteiger partial charge is 0.239 e. The molecule has 0 saturated carbocycles. The Balaban J connectivity index is 0.00000289. The highest BCUT2D eigenvalue weighted by molar-refractivity contribution is 5.85. The van der Waals surface area contributed by atoms with Crippen LogP contribution in [0.25, 0.3) is 0 Å². The standard InChI is InChI=1S/C12H23N3O2.ClH/c1-9(2)11(16)14-5-4-6-15(8-7-14)12(17)10(3)13;/h9-10H,4-8,13H2,1-3H3;1H/t10-;/m1./s1. The zero-order valence-corrected chi connectivity index (χ0v) is 12.2. The summed E-state index contributed by atoms with van der Waals surface area (Å²) in [7, 11) is 0. The largest absolute Gasteiger partial charge is 0.341 e. The van der Waals surface area contributed by atoms with Crippen LogP contribution in [-0.2, 0) is 9.59 Å². The molecule has 1 heterocycles. The summed E-state index contributed by atoms with van der Waals surface area (Å²) < 4.78 is 0. The van der Waals surface area contributed by atoms with Gasteiger partial charge in [-0.3, -0.25) is 9.59 Å². The Morgan fingerprint density at radius 3 is 1.78 bits per heavy atom. The van der Waals surface area contributed by atoms with Crippen LogP contribution in [0, 0.1) is 5.92 Å². The van der Waals surface area contributed by atoms with Gasteiger partial charge < -0.3 is 15.5 Å². The van der Waals surface area contributed by atoms with Crippen LogP contribution in [0.5, 0.6) is 0 Å². The summed E-state index contributed by atoms with van der Waals surface area (Å²) in [6, 6.07) is -0.456. The van der Waals surface area contributed by atoms with Crippen molar-refractivity contribution < 1.29 is 9.59 Å². The predicted octanol–water partition coefficient (Wildman–Crippen LogP) is 0.472. The molecule has 0 aromatic carbocycles. The summed E-state index contributed by atoms with van der Waals surface area (Å²) in [5, 5.41) is 0. The second kappa shape index (κ2) is 7.59. The molecule has 2 amide bonds. The number of amides is 2. The van der Waals surface area contributed by atoms with Gasteiger partial charge in [0.25, 0.3) is 0 Å². The second-order valence-corrected chi connectivity index (χ2v) is 4.95. The number of carbonyl (C=O) groups excluding carboxylic acids is 2. The molecule has 1 rings (SSSR count). The molecular formula is C12H24ClN3O2. The molecule has 1 saturated heterocycles. The summed E-state index contributed by atoms with van der Waals surface area (Å²) in [6.45, 7) is 8.15. The van der Waals surface area contributed by atoms with Crippen LogP contribution in [0.1, 0.15) is 27.2 Å². The molecule has 0 unspecified atom stereocenters. The van der Waals surface area contributed by atoms with Crippen LogP contribution in [0.2, 0.25) is 0 Å². The van der Waals surface area contributed by atoms with Crippen molar-refractivity contribution in [2.45, 2.75) is 33.2 Å². The van der Waals surface area contributed by atoms with E-state index in [0.717, 1.165) is 13.0 Å². The Morgan fingerprint density at radius 1 is 0.944 bits per heavy atom. The van der Waals surface area contributed by atoms with E-state index >= 15 is 0 Å². The van der Waals surface area contributed by atoms with E-state index < -0.39 is 6.04 Å². The fourth-order valence-electron chi connectivity index (χ4n) is 2.01. The highest BCUT2D eigenvalue weighted by atomic mass is 35.5. The highest BCUT2D eigenvalue weighted by Crippen LogP contribution is 2.08. The molecule has 0 spiro atoms. The first kappa shape index (κ1) is 17.2. The predicted molar refractivity (Wildman–Crippen MR) is 73.5 cm³/mol. The van der Waals surface area contributed by atoms with Crippen LogP contribution < -0.4 is 5.73 Å². The maximum absolute atomic E-state index is 11.9. The van der Waals surface area contributed by atoms with Gasteiger partial charge >= 0.3 is 0 Å². The zero-order chi connectivity index (χ0) is 13.0. The van der Waals surface area contributed by atoms with Crippen LogP contribution in [0.3, 0.4) is 0 Å². The van der Waals surface area contributed by atoms with Crippen molar-refractivity contribution in [2.24, 2.45) is 11.7 Å². The molecule has 1 aliphatic rings. The zero-order valence-electron chi connectivity index (χ0n) is 11.4. The van der Waals surface area contributed by atoms with Gasteiger partial charge in [0, 0.05) is 32.1 Å². The molecule has 1 aliphatic heterocycles. The number of nitrogens with zero attached hydrogens (tertiary/aromatic N) is 2. The van der Waals surface area contributed by atoms with Crippen molar-refractivity contribution in [2.75, 3.05) is 26.2 Å². The molecule has 6 heteroatoms. The van der Waals surface area contributed by atoms with Crippen molar-refractivity contribution >= 4 is 24.2 Å². The first-order chi connectivity index (χ1) is 7.93. The van der Waals surface area contributed by atoms with Gasteiger partial charge in [-0.1, -0.05) is 13.8 Å². The minimum atomic E-state index is -0.456. The van der Waals surface area contributed by atoms with Gasteiger partial charge in [0.15, 0.2) is 0 Å². The Bertz CT molecular complexity index is 267. The molecule has 5 nitrogen and oxygen atoms in total. The van der Waals surface area contributed by atoms with Crippen molar-refractivity contribution in [1.29, 1.82) is 0 Å². The van der Waals surface area contributed by atoms with Gasteiger partial charge in [0.05, 0.1) is 6.04 Å². The number of nitrogens with two attached hydrogens (primary N) is 1. The van der Waals surface area contributed by atoms with E-state index in [1.807, 2.05) is 18.7 Å². The first-order valence-corrected chi connectivity index (χ1v) is 6.26. The van der Waals surface area contributed by atoms with E-state index in [2.05, 4.69) is 0 Å². The Hall–Kier alpha value is -0.810. The lowest BCUT2D eigenvalue weighted by atomic mass is 10.2. The van der Waals surface area contributed by atoms with Gasteiger partial charge in [-0.15, -0.1) is 12.4 Å². The quantitative estimate of drug-likeness (QED) is 0.798. The summed E-state index contributed by atoms with van der Waals surface area (Å²) >= 11 is 0. The van der Waals surface area contributed by atoms with Crippen molar-refractivity contribution in [3.63, 3.8) is 0 Å². The van der Waals surface area contributed by atoms with Gasteiger partial charge in [0.2, 0.25) is 11.8 Å². The minimum Gasteiger partial charge on any atom is -0.341 e. The molecule has 0 radical (unpaired) electrons. The third kappa shape index (κ3) is 4.46. The summed E-state index contributed by atoms with van der Waals surface area (Å²) in [5.41, 5.74) is 5.59. The molecule has 0 aromatic heterocycles. The van der Waals surface area contributed by atoms with E-state index in [1.54, 1.807) is 11.8 Å². The number of halogens is 1. The van der Waals surface area contributed by atoms with E-state index in [1.165, 1.54) is 0 Å². The third-order valence-electron chi connectivity index (χ3n) is 3.00. The fourth-order valence-corrected chi connectivity index (χ4v) is 2.01. The second-order valence-electron chi connectivity index (χ2n) is 4.95. The SMILES string of the molecule is CC(C)C(=O)N1CCCN(C(=O)[C@@H](C)N)CC1.Cl. The number of hydrogen-bond acceptors (Lipinski definition) is 3. The molecule has 1 atom stereocenters. The van der Waals surface area contributed by atoms with Gasteiger partial charge in [-0.25, -0.2) is 0 Å². The molecule has 106 valence electrons. The van der Waals surface area contributed by atoms with Crippen LogP contribution >= 0.6 is 12.4 Å². The summed E-state index contributed by atoms with van der Waals surface area (Å²) in [6.07, 6.45) is 0.830. The highest BCUT2D eigenvalue weighted by Gasteiger charge is 2.24. The molecule has 18 heavy (non-hydrogen) atoms. The van der Waals surface area contributed by atoms with E-state index in [0.29, 0.717) is 19.6 Å². The number of rotatable bonds is 2. The Kier molecular flexibility index (Phi) is 7.25. The van der Waals surface area contributed by atoms with Crippen LogP contribution in [0.4, 0.5) is 0 Å². The van der Waals surface area contributed by atoms with E-state index in [4.69, 9.17) is 5.73 Å². The lowest BCUT2D eigenvalue weighted by Crippen LogP contribution is -2.44. The molecule has 0 bridgehead atoms. The summed E-state index contributed by atoms with van der Waals surface area (Å²) in [4.78, 5) is 27.2. The Morgan fingerprint density at radius 2 is 1.39 bits per heavy atom. The van der Waals surface area contributed by atoms with Crippen LogP contribution in [0.15, 0.2) is 0 Å². The number of carbonyl (C=O) groups is 2. The van der Waals surface area contributed by atoms with E-state index in [-0.39, 0.29) is 30.1 Å². The van der Waals surface area contributed by atoms with Crippen molar-refractivity contribution in [1.82, 2.24) is 9.80 Å². The fraction of sp³-hybridized carbons (Fsp3) is 0.833. The molecule has 0 aromatic rings. The average Bonchev–Trinajstić information content (AvgIpc) is 2.52. The minimum absolute atomic E-state index is 0. The van der Waals surface area contributed by atoms with Gasteiger partial charge in [0.1, 0.15) is 0 Å². The van der Waals surface area contributed by atoms with E-state index in [9.17, 15) is 9.59 Å². The van der Waals surface area contributed by atoms with Crippen molar-refractivity contribution in [3.05, 3.63) is 0 Å². The van der Waals surface area contributed by atoms with Crippen molar-refractivity contribution in [3.8, 4) is 0 Å². The maximum Gasteiger partial charge on any atom is 0.239 e. The molecule has 1 fully saturated rings. The molecular weight excluding hydrogens is 254 g/mol. The molecule has 2 N–H and O–H groups in total. The third-order valence-corrected chi connectivity index (χ3v) is 3.00. The Labute approximate surface area is 115 Å². The normalized spacial score (nSPS) is 18.1. The number of hydrogen-bond donors (Lipinski definition) is 1. The first-order valence-electron chi connectivity index (χ1n) is 6.26. The topological polar surface area (TPSA) is 66.6 Å². The maximum atomic E-state index is 11.9. The lowest BCUT2D eigenvalue weighted by molar-refractivity contribution is -0.135. The van der Waals surface area contributed by atoms with Gasteiger partial charge in [-0.2, -0.15) is 0 Å². The van der Waals surface area contributed by atoms with Gasteiger partial charge in [-0.05, 0) is 13.3 Å². The molecule has 0 aliphatic carbocycles. The van der Waals surface area contributed by atoms with Crippen LogP contribution in [-0.4, -0.2) is 53.8 Å². The lowest BCUT2D eigenvalue weighted by Gasteiger charge is -2.24. The summed E-state index contributed by atoms with van der Waals surface area (Å²) in [5.74, 6) is 0.162. The monoisotopic (exact) mass is 277 g/mol.